The van der Waals surface area contributed by atoms with Gasteiger partial charge >= 0.3 is 0 Å². The van der Waals surface area contributed by atoms with Gasteiger partial charge in [-0.05, 0) is 53.4 Å². The Hall–Kier alpha value is 0.150. The Morgan fingerprint density at radius 2 is 1.95 bits per heavy atom. The minimum atomic E-state index is -3.47. The molecule has 2 heterocycles. The number of nitrogens with zero attached hydrogens (tertiary/aromatic N) is 1. The zero-order valence-corrected chi connectivity index (χ0v) is 15.2. The van der Waals surface area contributed by atoms with E-state index in [1.807, 2.05) is 0 Å². The first-order valence-electron chi connectivity index (χ1n) is 6.68. The van der Waals surface area contributed by atoms with Gasteiger partial charge in [-0.1, -0.05) is 11.6 Å². The van der Waals surface area contributed by atoms with Crippen LogP contribution in [0.25, 0.3) is 0 Å². The molecule has 21 heavy (non-hydrogen) atoms. The van der Waals surface area contributed by atoms with Crippen LogP contribution in [0.5, 0.6) is 0 Å². The van der Waals surface area contributed by atoms with Gasteiger partial charge in [0.15, 0.2) is 0 Å². The number of nitrogens with one attached hydrogen (secondary N) is 1. The Labute approximate surface area is 144 Å². The molecule has 2 aliphatic rings. The topological polar surface area (TPSA) is 49.4 Å². The van der Waals surface area contributed by atoms with Crippen molar-refractivity contribution in [3.63, 3.8) is 0 Å². The first-order chi connectivity index (χ1) is 9.46. The van der Waals surface area contributed by atoms with E-state index in [0.29, 0.717) is 33.5 Å². The predicted octanol–water partition coefficient (Wildman–Crippen LogP) is 3.04. The fourth-order valence-electron chi connectivity index (χ4n) is 2.95. The van der Waals surface area contributed by atoms with Crippen molar-refractivity contribution in [3.8, 4) is 0 Å². The summed E-state index contributed by atoms with van der Waals surface area (Å²) in [5.74, 6) is 0. The van der Waals surface area contributed by atoms with E-state index >= 15 is 0 Å². The molecule has 2 bridgehead atoms. The molecular formula is C13H17BrCl2N2O2S. The lowest BCUT2D eigenvalue weighted by Crippen LogP contribution is -2.39. The van der Waals surface area contributed by atoms with Crippen molar-refractivity contribution < 1.29 is 8.42 Å². The molecule has 0 spiro atoms. The van der Waals surface area contributed by atoms with Crippen molar-refractivity contribution in [2.45, 2.75) is 36.2 Å². The highest BCUT2D eigenvalue weighted by Crippen LogP contribution is 2.30. The average molecular weight is 416 g/mol. The summed E-state index contributed by atoms with van der Waals surface area (Å²) in [5, 5.41) is 4.01. The minimum absolute atomic E-state index is 0. The van der Waals surface area contributed by atoms with E-state index < -0.39 is 10.0 Å². The van der Waals surface area contributed by atoms with Gasteiger partial charge in [0, 0.05) is 34.7 Å². The van der Waals surface area contributed by atoms with E-state index in [4.69, 9.17) is 11.6 Å². The maximum atomic E-state index is 12.8. The van der Waals surface area contributed by atoms with Crippen molar-refractivity contribution in [2.75, 3.05) is 13.1 Å². The number of benzene rings is 1. The summed E-state index contributed by atoms with van der Waals surface area (Å²) in [7, 11) is -3.47. The molecule has 2 atom stereocenters. The maximum absolute atomic E-state index is 12.8. The van der Waals surface area contributed by atoms with Crippen LogP contribution in [0.3, 0.4) is 0 Å². The van der Waals surface area contributed by atoms with Gasteiger partial charge in [0.1, 0.15) is 0 Å². The highest BCUT2D eigenvalue weighted by molar-refractivity contribution is 9.10. The largest absolute Gasteiger partial charge is 0.310 e. The lowest BCUT2D eigenvalue weighted by Gasteiger charge is -2.24. The minimum Gasteiger partial charge on any atom is -0.310 e. The second-order valence-electron chi connectivity index (χ2n) is 5.36. The van der Waals surface area contributed by atoms with E-state index in [1.54, 1.807) is 22.5 Å². The SMILES string of the molecule is Cl.O=S(=O)(c1ccc(Cl)cc1Br)N1CCC2CCC(C1)N2. The van der Waals surface area contributed by atoms with Crippen LogP contribution in [0.15, 0.2) is 27.6 Å². The highest BCUT2D eigenvalue weighted by Gasteiger charge is 2.35. The molecule has 1 aromatic rings. The molecule has 0 amide bonds. The van der Waals surface area contributed by atoms with Gasteiger partial charge in [0.25, 0.3) is 0 Å². The van der Waals surface area contributed by atoms with Crippen molar-refractivity contribution in [2.24, 2.45) is 0 Å². The normalized spacial score (nSPS) is 26.2. The number of sulfonamides is 1. The van der Waals surface area contributed by atoms with Crippen LogP contribution in [0, 0.1) is 0 Å². The average Bonchev–Trinajstić information content (AvgIpc) is 2.67. The molecule has 2 aliphatic heterocycles. The fourth-order valence-corrected chi connectivity index (χ4v) is 5.79. The van der Waals surface area contributed by atoms with E-state index in [1.165, 1.54) is 0 Å². The third-order valence-corrected chi connectivity index (χ3v) is 7.07. The van der Waals surface area contributed by atoms with Crippen LogP contribution in [-0.2, 0) is 10.0 Å². The lowest BCUT2D eigenvalue weighted by molar-refractivity contribution is 0.383. The number of halogens is 3. The molecule has 0 aliphatic carbocycles. The fraction of sp³-hybridized carbons (Fsp3) is 0.538. The molecular weight excluding hydrogens is 399 g/mol. The highest BCUT2D eigenvalue weighted by atomic mass is 79.9. The van der Waals surface area contributed by atoms with Gasteiger partial charge in [-0.15, -0.1) is 12.4 Å². The molecule has 2 saturated heterocycles. The van der Waals surface area contributed by atoms with Crippen LogP contribution in [-0.4, -0.2) is 37.9 Å². The molecule has 118 valence electrons. The molecule has 2 unspecified atom stereocenters. The molecule has 1 N–H and O–H groups in total. The number of fused-ring (bicyclic) bond motifs is 2. The third-order valence-electron chi connectivity index (χ3n) is 4.00. The van der Waals surface area contributed by atoms with E-state index in [-0.39, 0.29) is 18.4 Å². The molecule has 2 fully saturated rings. The van der Waals surface area contributed by atoms with Gasteiger partial charge in [-0.2, -0.15) is 4.31 Å². The van der Waals surface area contributed by atoms with Crippen molar-refractivity contribution in [1.29, 1.82) is 0 Å². The summed E-state index contributed by atoms with van der Waals surface area (Å²) in [6.45, 7) is 1.12. The Morgan fingerprint density at radius 3 is 2.67 bits per heavy atom. The second kappa shape index (κ2) is 6.72. The third kappa shape index (κ3) is 3.57. The number of hydrogen-bond donors (Lipinski definition) is 1. The van der Waals surface area contributed by atoms with E-state index in [0.717, 1.165) is 19.3 Å². The lowest BCUT2D eigenvalue weighted by atomic mass is 10.1. The Bertz CT molecular complexity index is 627. The van der Waals surface area contributed by atoms with Crippen molar-refractivity contribution in [1.82, 2.24) is 9.62 Å². The van der Waals surface area contributed by atoms with Crippen LogP contribution in [0.1, 0.15) is 19.3 Å². The quantitative estimate of drug-likeness (QED) is 0.807. The maximum Gasteiger partial charge on any atom is 0.244 e. The summed E-state index contributed by atoms with van der Waals surface area (Å²) in [4.78, 5) is 0.291. The first-order valence-corrected chi connectivity index (χ1v) is 9.29. The smallest absolute Gasteiger partial charge is 0.244 e. The summed E-state index contributed by atoms with van der Waals surface area (Å²) in [6.07, 6.45) is 3.09. The van der Waals surface area contributed by atoms with Crippen LogP contribution < -0.4 is 5.32 Å². The van der Waals surface area contributed by atoms with Crippen molar-refractivity contribution in [3.05, 3.63) is 27.7 Å². The van der Waals surface area contributed by atoms with Crippen molar-refractivity contribution >= 4 is 50.0 Å². The van der Waals surface area contributed by atoms with Gasteiger partial charge < -0.3 is 5.32 Å². The number of hydrogen-bond acceptors (Lipinski definition) is 3. The number of rotatable bonds is 2. The summed E-state index contributed by atoms with van der Waals surface area (Å²) >= 11 is 9.19. The Balaban J connectivity index is 0.00000161. The molecule has 0 aromatic heterocycles. The predicted molar refractivity (Wildman–Crippen MR) is 89.7 cm³/mol. The Kier molecular flexibility index (Phi) is 5.60. The van der Waals surface area contributed by atoms with Crippen LogP contribution >= 0.6 is 39.9 Å². The van der Waals surface area contributed by atoms with Crippen LogP contribution in [0.2, 0.25) is 5.02 Å². The van der Waals surface area contributed by atoms with Gasteiger partial charge in [-0.3, -0.25) is 0 Å². The van der Waals surface area contributed by atoms with Gasteiger partial charge in [-0.25, -0.2) is 8.42 Å². The zero-order valence-electron chi connectivity index (χ0n) is 11.3. The molecule has 0 radical (unpaired) electrons. The molecule has 8 heteroatoms. The molecule has 1 aromatic carbocycles. The summed E-state index contributed by atoms with van der Waals surface area (Å²) in [6, 6.07) is 5.55. The summed E-state index contributed by atoms with van der Waals surface area (Å²) in [5.41, 5.74) is 0. The van der Waals surface area contributed by atoms with E-state index in [9.17, 15) is 8.42 Å². The zero-order chi connectivity index (χ0) is 14.3. The first kappa shape index (κ1) is 17.5. The molecule has 0 saturated carbocycles. The van der Waals surface area contributed by atoms with Gasteiger partial charge in [0.2, 0.25) is 10.0 Å². The Morgan fingerprint density at radius 1 is 1.24 bits per heavy atom. The standard InChI is InChI=1S/C13H16BrClN2O2S.ClH/c14-12-7-9(15)1-4-13(12)20(18,19)17-6-5-10-2-3-11(8-17)16-10;/h1,4,7,10-11,16H,2-3,5-6,8H2;1H. The second-order valence-corrected chi connectivity index (χ2v) is 8.56. The molecule has 4 nitrogen and oxygen atoms in total. The van der Waals surface area contributed by atoms with Gasteiger partial charge in [0.05, 0.1) is 4.90 Å². The van der Waals surface area contributed by atoms with E-state index in [2.05, 4.69) is 21.2 Å². The monoisotopic (exact) mass is 414 g/mol. The van der Waals surface area contributed by atoms with Crippen LogP contribution in [0.4, 0.5) is 0 Å². The summed E-state index contributed by atoms with van der Waals surface area (Å²) < 4.78 is 27.7. The molecule has 3 rings (SSSR count).